The van der Waals surface area contributed by atoms with Gasteiger partial charge < -0.3 is 51.9 Å². The zero-order valence-electron chi connectivity index (χ0n) is 51.7. The monoisotopic (exact) mass is 1150 g/mol. The van der Waals surface area contributed by atoms with Crippen molar-refractivity contribution in [2.75, 3.05) is 46.2 Å². The van der Waals surface area contributed by atoms with E-state index in [0.717, 1.165) is 87.4 Å². The first-order valence-electron chi connectivity index (χ1n) is 31.5. The van der Waals surface area contributed by atoms with Crippen LogP contribution in [0.2, 0.25) is 10.1 Å². The van der Waals surface area contributed by atoms with E-state index in [4.69, 9.17) is 47.1 Å². The van der Waals surface area contributed by atoms with E-state index in [9.17, 15) is 4.80 Å². The van der Waals surface area contributed by atoms with E-state index in [0.29, 0.717) is 52.5 Å². The first-order chi connectivity index (χ1) is 39.3. The highest BCUT2D eigenvalue weighted by atomic mass is 28.4. The summed E-state index contributed by atoms with van der Waals surface area (Å²) in [5.74, 6) is 0. The Hall–Kier alpha value is -3.13. The van der Waals surface area contributed by atoms with Gasteiger partial charge in [-0.25, -0.2) is 0 Å². The number of ether oxygens (including phenoxy) is 9. The van der Waals surface area contributed by atoms with Gasteiger partial charge in [-0.15, -0.1) is 0 Å². The van der Waals surface area contributed by atoms with E-state index >= 15 is 0 Å². The second-order valence-electron chi connectivity index (χ2n) is 24.2. The molecule has 6 rings (SSSR count). The van der Waals surface area contributed by atoms with E-state index in [1.54, 1.807) is 0 Å². The first-order valence-corrected chi connectivity index (χ1v) is 35.4. The Kier molecular flexibility index (Phi) is 28.2. The fourth-order valence-corrected chi connectivity index (χ4v) is 20.1. The van der Waals surface area contributed by atoms with Gasteiger partial charge >= 0.3 is 0 Å². The molecule has 0 aliphatic carbocycles. The molecular weight excluding hydrogens is 1050 g/mol. The van der Waals surface area contributed by atoms with Crippen molar-refractivity contribution < 1.29 is 51.9 Å². The van der Waals surface area contributed by atoms with Crippen LogP contribution in [-0.4, -0.2) is 129 Å². The summed E-state index contributed by atoms with van der Waals surface area (Å²) in [6.07, 6.45) is 5.54. The Labute approximate surface area is 492 Å². The minimum Gasteiger partial charge on any atom is -0.424 e. The van der Waals surface area contributed by atoms with Crippen LogP contribution in [0, 0.1) is 0 Å². The minimum absolute atomic E-state index is 0.213. The predicted octanol–water partition coefficient (Wildman–Crippen LogP) is 12.5. The summed E-state index contributed by atoms with van der Waals surface area (Å²) < 4.78 is 72.7. The van der Waals surface area contributed by atoms with E-state index in [-0.39, 0.29) is 11.6 Å². The summed E-state index contributed by atoms with van der Waals surface area (Å²) in [4.78, 5) is 13.4. The molecule has 13 heteroatoms. The molecule has 2 aliphatic heterocycles. The second kappa shape index (κ2) is 34.1. The lowest BCUT2D eigenvalue weighted by atomic mass is 9.92. The number of rotatable bonds is 37. The van der Waals surface area contributed by atoms with Crippen LogP contribution in [0.4, 0.5) is 0 Å². The van der Waals surface area contributed by atoms with Gasteiger partial charge in [-0.2, -0.15) is 0 Å². The Morgan fingerprint density at radius 3 is 1.06 bits per heavy atom. The number of hydrogen-bond acceptors (Lipinski definition) is 11. The van der Waals surface area contributed by atoms with Crippen LogP contribution < -0.4 is 20.7 Å². The zero-order valence-corrected chi connectivity index (χ0v) is 53.7. The van der Waals surface area contributed by atoms with E-state index in [2.05, 4.69) is 161 Å². The lowest BCUT2D eigenvalue weighted by molar-refractivity contribution is -0.389. The number of hydrogen-bond donors (Lipinski definition) is 1. The lowest BCUT2D eigenvalue weighted by Gasteiger charge is -2.51. The molecule has 2 saturated heterocycles. The quantitative estimate of drug-likeness (QED) is 0.0344. The first kappa shape index (κ1) is 67.0. The highest BCUT2D eigenvalue weighted by Gasteiger charge is 2.57. The maximum Gasteiger partial charge on any atom is 0.261 e. The van der Waals surface area contributed by atoms with E-state index in [1.165, 1.54) is 10.4 Å². The summed E-state index contributed by atoms with van der Waals surface area (Å²) in [6.45, 7) is 27.7. The summed E-state index contributed by atoms with van der Waals surface area (Å²) in [5.41, 5.74) is 0. The van der Waals surface area contributed by atoms with Gasteiger partial charge in [-0.1, -0.05) is 236 Å². The lowest BCUT2D eigenvalue weighted by Crippen LogP contribution is -2.69. The van der Waals surface area contributed by atoms with Crippen molar-refractivity contribution in [1.82, 2.24) is 0 Å². The molecule has 5 unspecified atom stereocenters. The topological polar surface area (TPSA) is 113 Å². The minimum atomic E-state index is -3.40. The number of unbranched alkanes of at least 4 members (excludes halogenated alkanes) is 6. The molecule has 0 aromatic heterocycles. The van der Waals surface area contributed by atoms with Gasteiger partial charge in [0.1, 0.15) is 42.7 Å². The van der Waals surface area contributed by atoms with Crippen molar-refractivity contribution in [2.45, 2.75) is 238 Å². The van der Waals surface area contributed by atoms with Crippen molar-refractivity contribution >= 4 is 37.4 Å². The molecule has 2 heterocycles. The van der Waals surface area contributed by atoms with Crippen LogP contribution in [-0.2, 0) is 47.1 Å². The van der Waals surface area contributed by atoms with Gasteiger partial charge in [-0.05, 0) is 82.2 Å². The Morgan fingerprint density at radius 1 is 0.407 bits per heavy atom. The van der Waals surface area contributed by atoms with Crippen LogP contribution in [0.3, 0.4) is 0 Å². The van der Waals surface area contributed by atoms with Crippen molar-refractivity contribution in [3.05, 3.63) is 121 Å². The van der Waals surface area contributed by atoms with Crippen molar-refractivity contribution in [3.8, 4) is 0 Å². The van der Waals surface area contributed by atoms with Crippen molar-refractivity contribution in [2.24, 2.45) is 0 Å². The molecule has 0 spiro atoms. The normalized spacial score (nSPS) is 23.9. The molecule has 2 aliphatic rings. The molecule has 0 bridgehead atoms. The fourth-order valence-electron chi connectivity index (χ4n) is 11.8. The van der Waals surface area contributed by atoms with Gasteiger partial charge in [0.2, 0.25) is 0 Å². The van der Waals surface area contributed by atoms with E-state index in [1.807, 2.05) is 36.4 Å². The maximum atomic E-state index is 13.4. The smallest absolute Gasteiger partial charge is 0.261 e. The molecule has 10 atom stereocenters. The van der Waals surface area contributed by atoms with Gasteiger partial charge in [0.15, 0.2) is 12.6 Å². The molecule has 4 aromatic carbocycles. The standard InChI is InChI=1S/C68H106O11Si2/c1-12-18-46-70-59-57(44-45-68(10,11)80(69,53-36-28-24-29-37-53)54-38-30-25-31-39-54)77-65(63(74-50-22-16-5)61(59)72-48-20-14-3)79-66-64(75-51-23-17-6)62(73-49-21-15-4)60(71-47-19-13-2)58(78-66)52-76-81(67(7,8)9,55-40-32-26-33-41-55)56-42-34-27-35-43-56/h24-43,57-66,69H,12-23,44-52H2,1-11H3/t57-,58?,59-,60-,61?,62?,63?,64?,65-,66-/m1/s1. The van der Waals surface area contributed by atoms with Crippen LogP contribution in [0.5, 0.6) is 0 Å². The Morgan fingerprint density at radius 2 is 0.716 bits per heavy atom. The molecule has 4 aromatic rings. The fraction of sp³-hybridized carbons (Fsp3) is 0.647. The third kappa shape index (κ3) is 17.5. The molecular formula is C68H106O11Si2. The third-order valence-electron chi connectivity index (χ3n) is 16.6. The maximum absolute atomic E-state index is 13.4. The summed E-state index contributed by atoms with van der Waals surface area (Å²) in [5, 5.41) is 3.46. The summed E-state index contributed by atoms with van der Waals surface area (Å²) >= 11 is 0. The van der Waals surface area contributed by atoms with Crippen molar-refractivity contribution in [1.29, 1.82) is 0 Å². The van der Waals surface area contributed by atoms with Gasteiger partial charge in [0.05, 0.1) is 12.7 Å². The average Bonchev–Trinajstić information content (AvgIpc) is 3.51. The van der Waals surface area contributed by atoms with Crippen LogP contribution in [0.15, 0.2) is 121 Å². The molecule has 1 N–H and O–H groups in total. The second-order valence-corrected chi connectivity index (χ2v) is 32.4. The van der Waals surface area contributed by atoms with Gasteiger partial charge in [-0.3, -0.25) is 0 Å². The molecule has 81 heavy (non-hydrogen) atoms. The van der Waals surface area contributed by atoms with Crippen molar-refractivity contribution in [3.63, 3.8) is 0 Å². The summed E-state index contributed by atoms with van der Waals surface area (Å²) in [6, 6.07) is 42.0. The molecule has 0 amide bonds. The molecule has 0 saturated carbocycles. The Balaban J connectivity index is 1.48. The Bertz CT molecular complexity index is 2190. The third-order valence-corrected chi connectivity index (χ3v) is 26.1. The van der Waals surface area contributed by atoms with Crippen LogP contribution in [0.25, 0.3) is 0 Å². The molecule has 2 fully saturated rings. The van der Waals surface area contributed by atoms with Gasteiger partial charge in [0.25, 0.3) is 16.6 Å². The van der Waals surface area contributed by atoms with Crippen LogP contribution in [0.1, 0.15) is 166 Å². The van der Waals surface area contributed by atoms with Crippen LogP contribution >= 0.6 is 0 Å². The molecule has 11 nitrogen and oxygen atoms in total. The predicted molar refractivity (Wildman–Crippen MR) is 333 cm³/mol. The summed E-state index contributed by atoms with van der Waals surface area (Å²) in [7, 11) is -6.47. The number of benzene rings is 4. The SMILES string of the molecule is CCCCOC1C(OCCCC)[C@H](OCCCC)C(CO[Si](c2ccccc2)(c2ccccc2)C(C)(C)C)O[C@@H]1O[C@H]1O[C@H](CCC(C)(C)[Si](O)(c2ccccc2)c2ccccc2)[C@@H](OCCCC)C(OCCCC)C1OCCCC. The highest BCUT2D eigenvalue weighted by Crippen LogP contribution is 2.44. The largest absolute Gasteiger partial charge is 0.424 e. The molecule has 452 valence electrons. The van der Waals surface area contributed by atoms with E-state index < -0.39 is 83.1 Å². The molecule has 0 radical (unpaired) electrons. The highest BCUT2D eigenvalue weighted by molar-refractivity contribution is 6.99. The average molecular weight is 1160 g/mol. The zero-order chi connectivity index (χ0) is 58.1. The van der Waals surface area contributed by atoms with Gasteiger partial charge in [0, 0.05) is 39.6 Å².